The number of halogens is 2. The van der Waals surface area contributed by atoms with Crippen LogP contribution in [0.2, 0.25) is 5.02 Å². The van der Waals surface area contributed by atoms with Crippen LogP contribution in [0.4, 0.5) is 10.1 Å². The largest absolute Gasteiger partial charge is 0.366 e. The highest BCUT2D eigenvalue weighted by atomic mass is 35.5. The molecule has 0 bridgehead atoms. The zero-order chi connectivity index (χ0) is 20.4. The Hall–Kier alpha value is -1.92. The van der Waals surface area contributed by atoms with E-state index >= 15 is 0 Å². The molecule has 2 aliphatic rings. The third-order valence-electron chi connectivity index (χ3n) is 6.28. The summed E-state index contributed by atoms with van der Waals surface area (Å²) in [5, 5.41) is 4.66. The summed E-state index contributed by atoms with van der Waals surface area (Å²) in [6.45, 7) is 6.84. The van der Waals surface area contributed by atoms with Crippen molar-refractivity contribution in [1.29, 1.82) is 0 Å². The standard InChI is InChI=1S/C22H28ClFN4O/c1-2-17-12-19(24)7-6-18(17)15-26-8-10-27(11-9-26)20-13-25-28(22(29)21(20)23)14-16-4-3-5-16/h6-7,12-13,16H,2-5,8-11,14-15H2,1H3. The van der Waals surface area contributed by atoms with Crippen LogP contribution in [0.15, 0.2) is 29.2 Å². The molecule has 1 saturated heterocycles. The van der Waals surface area contributed by atoms with E-state index < -0.39 is 0 Å². The van der Waals surface area contributed by atoms with Crippen LogP contribution >= 0.6 is 11.6 Å². The monoisotopic (exact) mass is 418 g/mol. The number of aryl methyl sites for hydroxylation is 1. The molecule has 156 valence electrons. The van der Waals surface area contributed by atoms with Gasteiger partial charge >= 0.3 is 0 Å². The Labute approximate surface area is 176 Å². The maximum Gasteiger partial charge on any atom is 0.287 e. The summed E-state index contributed by atoms with van der Waals surface area (Å²) in [6.07, 6.45) is 6.15. The van der Waals surface area contributed by atoms with Gasteiger partial charge in [0, 0.05) is 39.3 Å². The molecule has 0 unspecified atom stereocenters. The normalized spacial score (nSPS) is 18.1. The van der Waals surface area contributed by atoms with E-state index in [-0.39, 0.29) is 16.4 Å². The van der Waals surface area contributed by atoms with Gasteiger partial charge in [-0.25, -0.2) is 9.07 Å². The summed E-state index contributed by atoms with van der Waals surface area (Å²) in [5.41, 5.74) is 2.80. The molecule has 0 spiro atoms. The number of rotatable bonds is 6. The van der Waals surface area contributed by atoms with Gasteiger partial charge in [-0.05, 0) is 48.4 Å². The molecule has 5 nitrogen and oxygen atoms in total. The summed E-state index contributed by atoms with van der Waals surface area (Å²) in [7, 11) is 0. The smallest absolute Gasteiger partial charge is 0.287 e. The molecule has 1 saturated carbocycles. The van der Waals surface area contributed by atoms with Crippen LogP contribution in [0.5, 0.6) is 0 Å². The van der Waals surface area contributed by atoms with Crippen molar-refractivity contribution in [2.75, 3.05) is 31.1 Å². The van der Waals surface area contributed by atoms with Crippen molar-refractivity contribution < 1.29 is 4.39 Å². The number of hydrogen-bond donors (Lipinski definition) is 0. The third kappa shape index (κ3) is 4.48. The molecular formula is C22H28ClFN4O. The Kier molecular flexibility index (Phi) is 6.20. The minimum atomic E-state index is -0.183. The van der Waals surface area contributed by atoms with Crippen LogP contribution in [-0.2, 0) is 19.5 Å². The van der Waals surface area contributed by atoms with E-state index in [2.05, 4.69) is 21.8 Å². The average molecular weight is 419 g/mol. The first-order chi connectivity index (χ1) is 14.0. The lowest BCUT2D eigenvalue weighted by molar-refractivity contribution is 0.248. The van der Waals surface area contributed by atoms with Crippen LogP contribution in [0.3, 0.4) is 0 Å². The topological polar surface area (TPSA) is 41.4 Å². The predicted octanol–water partition coefficient (Wildman–Crippen LogP) is 3.72. The highest BCUT2D eigenvalue weighted by Crippen LogP contribution is 2.28. The summed E-state index contributed by atoms with van der Waals surface area (Å²) in [6, 6.07) is 5.06. The molecule has 0 amide bonds. The fourth-order valence-electron chi connectivity index (χ4n) is 4.19. The Morgan fingerprint density at radius 1 is 1.17 bits per heavy atom. The SMILES string of the molecule is CCc1cc(F)ccc1CN1CCN(c2cnn(CC3CCC3)c(=O)c2Cl)CC1. The van der Waals surface area contributed by atoms with Gasteiger partial charge in [-0.3, -0.25) is 9.69 Å². The van der Waals surface area contributed by atoms with Crippen LogP contribution < -0.4 is 10.5 Å². The lowest BCUT2D eigenvalue weighted by atomic mass is 9.85. The molecule has 2 aromatic rings. The van der Waals surface area contributed by atoms with Crippen molar-refractivity contribution in [3.8, 4) is 0 Å². The van der Waals surface area contributed by atoms with E-state index in [0.29, 0.717) is 12.5 Å². The highest BCUT2D eigenvalue weighted by Gasteiger charge is 2.24. The lowest BCUT2D eigenvalue weighted by Crippen LogP contribution is -2.46. The van der Waals surface area contributed by atoms with Crippen molar-refractivity contribution >= 4 is 17.3 Å². The first-order valence-electron chi connectivity index (χ1n) is 10.6. The molecule has 2 heterocycles. The number of anilines is 1. The van der Waals surface area contributed by atoms with Crippen molar-refractivity contribution in [3.63, 3.8) is 0 Å². The third-order valence-corrected chi connectivity index (χ3v) is 6.63. The van der Waals surface area contributed by atoms with Gasteiger partial charge in [-0.2, -0.15) is 5.10 Å². The Morgan fingerprint density at radius 2 is 1.93 bits per heavy atom. The quantitative estimate of drug-likeness (QED) is 0.717. The van der Waals surface area contributed by atoms with E-state index in [4.69, 9.17) is 11.6 Å². The molecule has 1 aromatic heterocycles. The molecule has 29 heavy (non-hydrogen) atoms. The van der Waals surface area contributed by atoms with Gasteiger partial charge < -0.3 is 4.90 Å². The van der Waals surface area contributed by atoms with Crippen LogP contribution in [0, 0.1) is 11.7 Å². The molecule has 2 fully saturated rings. The zero-order valence-electron chi connectivity index (χ0n) is 16.9. The second kappa shape index (κ2) is 8.84. The summed E-state index contributed by atoms with van der Waals surface area (Å²) < 4.78 is 15.0. The second-order valence-corrected chi connectivity index (χ2v) is 8.54. The average Bonchev–Trinajstić information content (AvgIpc) is 2.70. The number of nitrogens with zero attached hydrogens (tertiary/aromatic N) is 4. The van der Waals surface area contributed by atoms with E-state index in [0.717, 1.165) is 50.4 Å². The Bertz CT molecular complexity index is 920. The molecule has 0 atom stereocenters. The Balaban J connectivity index is 1.39. The molecule has 1 aromatic carbocycles. The predicted molar refractivity (Wildman–Crippen MR) is 114 cm³/mol. The molecular weight excluding hydrogens is 391 g/mol. The maximum absolute atomic E-state index is 13.5. The fraction of sp³-hybridized carbons (Fsp3) is 0.545. The van der Waals surface area contributed by atoms with Gasteiger partial charge in [-0.1, -0.05) is 31.0 Å². The fourth-order valence-corrected chi connectivity index (χ4v) is 4.46. The number of piperazine rings is 1. The van der Waals surface area contributed by atoms with Gasteiger partial charge in [0.05, 0.1) is 11.9 Å². The van der Waals surface area contributed by atoms with Gasteiger partial charge in [0.25, 0.3) is 5.56 Å². The number of benzene rings is 1. The molecule has 7 heteroatoms. The lowest BCUT2D eigenvalue weighted by Gasteiger charge is -2.36. The van der Waals surface area contributed by atoms with Crippen molar-refractivity contribution in [1.82, 2.24) is 14.7 Å². The number of aromatic nitrogens is 2. The minimum Gasteiger partial charge on any atom is -0.366 e. The summed E-state index contributed by atoms with van der Waals surface area (Å²) in [5.74, 6) is 0.384. The van der Waals surface area contributed by atoms with E-state index in [1.54, 1.807) is 12.3 Å². The molecule has 1 aliphatic heterocycles. The van der Waals surface area contributed by atoms with Crippen molar-refractivity contribution in [2.24, 2.45) is 5.92 Å². The highest BCUT2D eigenvalue weighted by molar-refractivity contribution is 6.33. The molecule has 1 aliphatic carbocycles. The maximum atomic E-state index is 13.5. The minimum absolute atomic E-state index is 0.176. The molecule has 0 radical (unpaired) electrons. The van der Waals surface area contributed by atoms with Crippen molar-refractivity contribution in [2.45, 2.75) is 45.7 Å². The van der Waals surface area contributed by atoms with E-state index in [1.165, 1.54) is 35.6 Å². The van der Waals surface area contributed by atoms with Gasteiger partial charge in [-0.15, -0.1) is 0 Å². The number of hydrogen-bond acceptors (Lipinski definition) is 4. The second-order valence-electron chi connectivity index (χ2n) is 8.16. The van der Waals surface area contributed by atoms with Crippen LogP contribution in [0.1, 0.15) is 37.3 Å². The molecule has 0 N–H and O–H groups in total. The molecule has 4 rings (SSSR count). The van der Waals surface area contributed by atoms with E-state index in [1.807, 2.05) is 6.07 Å². The first kappa shape index (κ1) is 20.4. The van der Waals surface area contributed by atoms with Gasteiger partial charge in [0.15, 0.2) is 0 Å². The van der Waals surface area contributed by atoms with Crippen LogP contribution in [-0.4, -0.2) is 40.9 Å². The summed E-state index contributed by atoms with van der Waals surface area (Å²) >= 11 is 6.43. The Morgan fingerprint density at radius 3 is 2.59 bits per heavy atom. The first-order valence-corrected chi connectivity index (χ1v) is 10.9. The van der Waals surface area contributed by atoms with Gasteiger partial charge in [0.2, 0.25) is 0 Å². The summed E-state index contributed by atoms with van der Waals surface area (Å²) in [4.78, 5) is 17.1. The van der Waals surface area contributed by atoms with Crippen LogP contribution in [0.25, 0.3) is 0 Å². The van der Waals surface area contributed by atoms with Gasteiger partial charge in [0.1, 0.15) is 10.8 Å². The van der Waals surface area contributed by atoms with Crippen molar-refractivity contribution in [3.05, 3.63) is 56.7 Å². The zero-order valence-corrected chi connectivity index (χ0v) is 17.7. The van der Waals surface area contributed by atoms with E-state index in [9.17, 15) is 9.18 Å².